The molecule has 0 atom stereocenters. The van der Waals surface area contributed by atoms with Gasteiger partial charge in [-0.25, -0.2) is 0 Å². The molecule has 0 saturated carbocycles. The van der Waals surface area contributed by atoms with Gasteiger partial charge in [0.15, 0.2) is 0 Å². The van der Waals surface area contributed by atoms with E-state index in [1.54, 1.807) is 13.8 Å². The Bertz CT molecular complexity index is 328. The fourth-order valence-corrected chi connectivity index (χ4v) is 1.82. The van der Waals surface area contributed by atoms with E-state index in [0.29, 0.717) is 0 Å². The van der Waals surface area contributed by atoms with Crippen LogP contribution in [0.5, 0.6) is 0 Å². The molecule has 4 heteroatoms. The minimum atomic E-state index is -0.167. The summed E-state index contributed by atoms with van der Waals surface area (Å²) in [5, 5.41) is 8.06. The van der Waals surface area contributed by atoms with Gasteiger partial charge in [0.25, 0.3) is 0 Å². The first-order valence-electron chi connectivity index (χ1n) is 7.09. The van der Waals surface area contributed by atoms with Crippen LogP contribution in [-0.2, 0) is 11.2 Å². The molecule has 1 N–H and O–H groups in total. The van der Waals surface area contributed by atoms with E-state index in [0.717, 1.165) is 44.8 Å². The minimum Gasteiger partial charge on any atom is -0.394 e. The van der Waals surface area contributed by atoms with Crippen molar-refractivity contribution in [3.05, 3.63) is 24.0 Å². The van der Waals surface area contributed by atoms with Crippen molar-refractivity contribution in [3.8, 4) is 0 Å². The summed E-state index contributed by atoms with van der Waals surface area (Å²) in [4.78, 5) is 6.77. The van der Waals surface area contributed by atoms with Gasteiger partial charge in [-0.3, -0.25) is 4.98 Å². The van der Waals surface area contributed by atoms with E-state index in [-0.39, 0.29) is 6.10 Å². The SMILES string of the molecule is CC(C)O.CCc1ccc(N2CCCOCC2)cn1. The number of pyridine rings is 1. The summed E-state index contributed by atoms with van der Waals surface area (Å²) in [5.74, 6) is 0. The molecule has 1 aromatic rings. The fourth-order valence-electron chi connectivity index (χ4n) is 1.82. The average molecular weight is 266 g/mol. The normalized spacial score (nSPS) is 15.7. The van der Waals surface area contributed by atoms with Crippen molar-refractivity contribution in [1.29, 1.82) is 0 Å². The largest absolute Gasteiger partial charge is 0.394 e. The van der Waals surface area contributed by atoms with Gasteiger partial charge in [0, 0.05) is 31.5 Å². The van der Waals surface area contributed by atoms with Crippen LogP contribution >= 0.6 is 0 Å². The molecular weight excluding hydrogens is 240 g/mol. The standard InChI is InChI=1S/C12H18N2O.C3H8O/c1-2-11-4-5-12(10-13-11)14-6-3-8-15-9-7-14;1-3(2)4/h4-5,10H,2-3,6-9H2,1H3;3-4H,1-2H3. The Hall–Kier alpha value is -1.13. The summed E-state index contributed by atoms with van der Waals surface area (Å²) in [5.41, 5.74) is 2.38. The maximum atomic E-state index is 8.06. The number of aryl methyl sites for hydroxylation is 1. The highest BCUT2D eigenvalue weighted by atomic mass is 16.5. The predicted octanol–water partition coefficient (Wildman–Crippen LogP) is 2.26. The zero-order valence-electron chi connectivity index (χ0n) is 12.3. The number of ether oxygens (including phenoxy) is 1. The van der Waals surface area contributed by atoms with E-state index >= 15 is 0 Å². The lowest BCUT2D eigenvalue weighted by Crippen LogP contribution is -2.25. The quantitative estimate of drug-likeness (QED) is 0.892. The van der Waals surface area contributed by atoms with Crippen LogP contribution < -0.4 is 4.90 Å². The van der Waals surface area contributed by atoms with Gasteiger partial charge in [0.05, 0.1) is 18.5 Å². The second kappa shape index (κ2) is 8.88. The molecule has 0 bridgehead atoms. The van der Waals surface area contributed by atoms with Gasteiger partial charge < -0.3 is 14.7 Å². The van der Waals surface area contributed by atoms with E-state index in [9.17, 15) is 0 Å². The van der Waals surface area contributed by atoms with Crippen molar-refractivity contribution in [2.45, 2.75) is 39.7 Å². The molecule has 1 aliphatic rings. The molecule has 0 spiro atoms. The van der Waals surface area contributed by atoms with Crippen LogP contribution in [0.1, 0.15) is 32.9 Å². The molecule has 2 rings (SSSR count). The van der Waals surface area contributed by atoms with Crippen molar-refractivity contribution in [2.24, 2.45) is 0 Å². The lowest BCUT2D eigenvalue weighted by Gasteiger charge is -2.21. The molecular formula is C15H26N2O2. The van der Waals surface area contributed by atoms with Crippen LogP contribution in [0, 0.1) is 0 Å². The highest BCUT2D eigenvalue weighted by Crippen LogP contribution is 2.15. The summed E-state index contributed by atoms with van der Waals surface area (Å²) >= 11 is 0. The highest BCUT2D eigenvalue weighted by Gasteiger charge is 2.09. The maximum absolute atomic E-state index is 8.06. The van der Waals surface area contributed by atoms with Crippen molar-refractivity contribution in [2.75, 3.05) is 31.2 Å². The molecule has 0 unspecified atom stereocenters. The third-order valence-corrected chi connectivity index (χ3v) is 2.76. The Morgan fingerprint density at radius 3 is 2.63 bits per heavy atom. The average Bonchev–Trinajstić information content (AvgIpc) is 2.67. The van der Waals surface area contributed by atoms with E-state index in [1.165, 1.54) is 5.69 Å². The second-order valence-corrected chi connectivity index (χ2v) is 4.91. The number of hydrogen-bond acceptors (Lipinski definition) is 4. The van der Waals surface area contributed by atoms with E-state index in [2.05, 4.69) is 28.9 Å². The summed E-state index contributed by atoms with van der Waals surface area (Å²) in [7, 11) is 0. The van der Waals surface area contributed by atoms with Crippen LogP contribution in [0.25, 0.3) is 0 Å². The van der Waals surface area contributed by atoms with E-state index < -0.39 is 0 Å². The van der Waals surface area contributed by atoms with Gasteiger partial charge >= 0.3 is 0 Å². The van der Waals surface area contributed by atoms with Crippen molar-refractivity contribution < 1.29 is 9.84 Å². The number of anilines is 1. The Kier molecular flexibility index (Phi) is 7.45. The Morgan fingerprint density at radius 1 is 1.32 bits per heavy atom. The van der Waals surface area contributed by atoms with Crippen molar-refractivity contribution in [1.82, 2.24) is 4.98 Å². The summed E-state index contributed by atoms with van der Waals surface area (Å²) in [6.45, 7) is 9.34. The van der Waals surface area contributed by atoms with Crippen LogP contribution in [0.3, 0.4) is 0 Å². The first kappa shape index (κ1) is 15.9. The van der Waals surface area contributed by atoms with Crippen molar-refractivity contribution in [3.63, 3.8) is 0 Å². The lowest BCUT2D eigenvalue weighted by molar-refractivity contribution is 0.152. The first-order chi connectivity index (χ1) is 9.13. The predicted molar refractivity (Wildman–Crippen MR) is 78.6 cm³/mol. The van der Waals surface area contributed by atoms with Gasteiger partial charge in [-0.05, 0) is 38.8 Å². The van der Waals surface area contributed by atoms with Gasteiger partial charge in [-0.2, -0.15) is 0 Å². The summed E-state index contributed by atoms with van der Waals surface area (Å²) in [6.07, 6.45) is 3.92. The Balaban J connectivity index is 0.000000399. The molecule has 1 fully saturated rings. The third kappa shape index (κ3) is 6.55. The lowest BCUT2D eigenvalue weighted by atomic mass is 10.2. The molecule has 1 aliphatic heterocycles. The molecule has 4 nitrogen and oxygen atoms in total. The number of nitrogens with zero attached hydrogens (tertiary/aromatic N) is 2. The van der Waals surface area contributed by atoms with Crippen LogP contribution in [0.2, 0.25) is 0 Å². The van der Waals surface area contributed by atoms with Crippen molar-refractivity contribution >= 4 is 5.69 Å². The third-order valence-electron chi connectivity index (χ3n) is 2.76. The molecule has 1 aromatic heterocycles. The smallest absolute Gasteiger partial charge is 0.0641 e. The van der Waals surface area contributed by atoms with Gasteiger partial charge in [-0.1, -0.05) is 6.92 Å². The fraction of sp³-hybridized carbons (Fsp3) is 0.667. The minimum absolute atomic E-state index is 0.167. The molecule has 1 saturated heterocycles. The molecule has 2 heterocycles. The van der Waals surface area contributed by atoms with Gasteiger partial charge in [0.1, 0.15) is 0 Å². The monoisotopic (exact) mass is 266 g/mol. The second-order valence-electron chi connectivity index (χ2n) is 4.91. The molecule has 19 heavy (non-hydrogen) atoms. The Labute approximate surface area is 116 Å². The number of aliphatic hydroxyl groups is 1. The number of rotatable bonds is 2. The number of aromatic nitrogens is 1. The first-order valence-corrected chi connectivity index (χ1v) is 7.09. The van der Waals surface area contributed by atoms with Crippen LogP contribution in [-0.4, -0.2) is 42.5 Å². The zero-order valence-corrected chi connectivity index (χ0v) is 12.3. The molecule has 0 radical (unpaired) electrons. The molecule has 108 valence electrons. The molecule has 0 aliphatic carbocycles. The Morgan fingerprint density at radius 2 is 2.05 bits per heavy atom. The molecule has 0 amide bonds. The van der Waals surface area contributed by atoms with E-state index in [4.69, 9.17) is 9.84 Å². The topological polar surface area (TPSA) is 45.6 Å². The summed E-state index contributed by atoms with van der Waals surface area (Å²) < 4.78 is 5.43. The number of aliphatic hydroxyl groups excluding tert-OH is 1. The highest BCUT2D eigenvalue weighted by molar-refractivity contribution is 5.44. The van der Waals surface area contributed by atoms with Crippen LogP contribution in [0.4, 0.5) is 5.69 Å². The van der Waals surface area contributed by atoms with E-state index in [1.807, 2.05) is 6.20 Å². The number of hydrogen-bond donors (Lipinski definition) is 1. The van der Waals surface area contributed by atoms with Crippen LogP contribution in [0.15, 0.2) is 18.3 Å². The zero-order chi connectivity index (χ0) is 14.1. The van der Waals surface area contributed by atoms with Gasteiger partial charge in [0.2, 0.25) is 0 Å². The maximum Gasteiger partial charge on any atom is 0.0641 e. The summed E-state index contributed by atoms with van der Waals surface area (Å²) in [6, 6.07) is 4.28. The molecule has 0 aromatic carbocycles. The van der Waals surface area contributed by atoms with Gasteiger partial charge in [-0.15, -0.1) is 0 Å².